The van der Waals surface area contributed by atoms with E-state index in [0.29, 0.717) is 5.75 Å². The number of amides is 2. The van der Waals surface area contributed by atoms with E-state index < -0.39 is 28.5 Å². The summed E-state index contributed by atoms with van der Waals surface area (Å²) in [6, 6.07) is 15.0. The van der Waals surface area contributed by atoms with Gasteiger partial charge in [0.25, 0.3) is 0 Å². The molecule has 0 fully saturated rings. The maximum absolute atomic E-state index is 13.2. The number of likely N-dealkylation sites (N-methyl/N-ethyl adjacent to an activating group) is 1. The summed E-state index contributed by atoms with van der Waals surface area (Å²) in [4.78, 5) is 26.8. The quantitative estimate of drug-likeness (QED) is 0.648. The van der Waals surface area contributed by atoms with Crippen LogP contribution in [-0.2, 0) is 26.2 Å². The molecule has 0 heterocycles. The molecule has 0 spiro atoms. The molecule has 162 valence electrons. The molecule has 0 aliphatic heterocycles. The minimum atomic E-state index is -3.80. The highest BCUT2D eigenvalue weighted by atomic mass is 32.2. The number of carbonyl (C=O) groups is 2. The van der Waals surface area contributed by atoms with Gasteiger partial charge in [-0.2, -0.15) is 0 Å². The molecule has 2 rings (SSSR count). The van der Waals surface area contributed by atoms with Crippen LogP contribution in [0.25, 0.3) is 0 Å². The third-order valence-corrected chi connectivity index (χ3v) is 5.77. The summed E-state index contributed by atoms with van der Waals surface area (Å²) in [5.74, 6) is -0.529. The fraction of sp³-hybridized carbons (Fsp3) is 0.333. The highest BCUT2D eigenvalue weighted by Gasteiger charge is 2.30. The first kappa shape index (κ1) is 23.2. The molecule has 0 unspecified atom stereocenters. The van der Waals surface area contributed by atoms with Crippen molar-refractivity contribution in [2.24, 2.45) is 0 Å². The monoisotopic (exact) mass is 433 g/mol. The lowest BCUT2D eigenvalue weighted by atomic mass is 10.1. The van der Waals surface area contributed by atoms with Crippen LogP contribution in [0.2, 0.25) is 0 Å². The molecular weight excluding hydrogens is 406 g/mol. The van der Waals surface area contributed by atoms with Gasteiger partial charge in [0, 0.05) is 13.6 Å². The van der Waals surface area contributed by atoms with Crippen molar-refractivity contribution >= 4 is 27.5 Å². The zero-order chi connectivity index (χ0) is 22.3. The zero-order valence-corrected chi connectivity index (χ0v) is 18.3. The Morgan fingerprint density at radius 3 is 2.23 bits per heavy atom. The predicted molar refractivity (Wildman–Crippen MR) is 116 cm³/mol. The molecule has 9 heteroatoms. The van der Waals surface area contributed by atoms with Crippen molar-refractivity contribution in [2.45, 2.75) is 19.5 Å². The number of hydrogen-bond donors (Lipinski definition) is 1. The first-order valence-corrected chi connectivity index (χ1v) is 11.2. The van der Waals surface area contributed by atoms with Crippen LogP contribution in [-0.4, -0.2) is 58.1 Å². The van der Waals surface area contributed by atoms with E-state index in [9.17, 15) is 18.0 Å². The molecule has 0 aliphatic rings. The summed E-state index contributed by atoms with van der Waals surface area (Å²) in [7, 11) is -0.883. The van der Waals surface area contributed by atoms with Gasteiger partial charge >= 0.3 is 0 Å². The van der Waals surface area contributed by atoms with Gasteiger partial charge in [0.1, 0.15) is 18.3 Å². The van der Waals surface area contributed by atoms with Gasteiger partial charge in [-0.15, -0.1) is 0 Å². The topological polar surface area (TPSA) is 96.0 Å². The van der Waals surface area contributed by atoms with Crippen LogP contribution in [0.1, 0.15) is 12.5 Å². The Kier molecular flexibility index (Phi) is 7.82. The third-order valence-electron chi connectivity index (χ3n) is 4.64. The lowest BCUT2D eigenvalue weighted by Crippen LogP contribution is -2.50. The van der Waals surface area contributed by atoms with Crippen LogP contribution in [0, 0.1) is 0 Å². The second-order valence-electron chi connectivity index (χ2n) is 6.74. The second kappa shape index (κ2) is 10.1. The standard InChI is InChI=1S/C21H27N3O5S/c1-16(21(26)22-2)23(14-17-10-6-5-7-11-17)20(25)15-24(30(4,27)28)18-12-8-9-13-19(18)29-3/h5-13,16H,14-15H2,1-4H3,(H,22,26)/t16-/m1/s1. The van der Waals surface area contributed by atoms with Gasteiger partial charge in [-0.25, -0.2) is 8.42 Å². The van der Waals surface area contributed by atoms with E-state index in [1.165, 1.54) is 19.1 Å². The Morgan fingerprint density at radius 2 is 1.67 bits per heavy atom. The van der Waals surface area contributed by atoms with E-state index in [4.69, 9.17) is 4.74 Å². The van der Waals surface area contributed by atoms with Crippen LogP contribution in [0.4, 0.5) is 5.69 Å². The van der Waals surface area contributed by atoms with Gasteiger partial charge in [0.15, 0.2) is 0 Å². The highest BCUT2D eigenvalue weighted by Crippen LogP contribution is 2.29. The van der Waals surface area contributed by atoms with E-state index >= 15 is 0 Å². The smallest absolute Gasteiger partial charge is 0.244 e. The van der Waals surface area contributed by atoms with Crippen molar-refractivity contribution in [1.82, 2.24) is 10.2 Å². The van der Waals surface area contributed by atoms with Gasteiger partial charge < -0.3 is 15.0 Å². The van der Waals surface area contributed by atoms with E-state index in [2.05, 4.69) is 5.32 Å². The van der Waals surface area contributed by atoms with Crippen LogP contribution in [0.15, 0.2) is 54.6 Å². The van der Waals surface area contributed by atoms with Crippen molar-refractivity contribution in [2.75, 3.05) is 31.3 Å². The van der Waals surface area contributed by atoms with Crippen molar-refractivity contribution in [1.29, 1.82) is 0 Å². The lowest BCUT2D eigenvalue weighted by Gasteiger charge is -2.31. The number of anilines is 1. The van der Waals surface area contributed by atoms with Gasteiger partial charge in [-0.1, -0.05) is 42.5 Å². The number of methoxy groups -OCH3 is 1. The maximum Gasteiger partial charge on any atom is 0.244 e. The summed E-state index contributed by atoms with van der Waals surface area (Å²) < 4.78 is 31.2. The third kappa shape index (κ3) is 5.73. The van der Waals surface area contributed by atoms with E-state index in [1.54, 1.807) is 31.2 Å². The normalized spacial score (nSPS) is 12.0. The van der Waals surface area contributed by atoms with Crippen LogP contribution in [0.5, 0.6) is 5.75 Å². The molecular formula is C21H27N3O5S. The summed E-state index contributed by atoms with van der Waals surface area (Å²) in [6.45, 7) is 1.30. The van der Waals surface area contributed by atoms with Gasteiger partial charge in [-0.3, -0.25) is 13.9 Å². The first-order valence-electron chi connectivity index (χ1n) is 9.34. The van der Waals surface area contributed by atoms with E-state index in [0.717, 1.165) is 16.1 Å². The van der Waals surface area contributed by atoms with Crippen LogP contribution < -0.4 is 14.4 Å². The number of sulfonamides is 1. The maximum atomic E-state index is 13.2. The Labute approximate surface area is 177 Å². The number of nitrogens with zero attached hydrogens (tertiary/aromatic N) is 2. The Bertz CT molecular complexity index is 979. The minimum absolute atomic E-state index is 0.164. The van der Waals surface area contributed by atoms with Crippen molar-refractivity contribution in [3.63, 3.8) is 0 Å². The number of nitrogens with one attached hydrogen (secondary N) is 1. The largest absolute Gasteiger partial charge is 0.495 e. The average Bonchev–Trinajstić information content (AvgIpc) is 2.74. The number of ether oxygens (including phenoxy) is 1. The van der Waals surface area contributed by atoms with E-state index in [-0.39, 0.29) is 18.1 Å². The molecule has 2 aromatic carbocycles. The Balaban J connectivity index is 2.40. The average molecular weight is 434 g/mol. The van der Waals surface area contributed by atoms with Gasteiger partial charge in [0.2, 0.25) is 21.8 Å². The van der Waals surface area contributed by atoms with E-state index in [1.807, 2.05) is 30.3 Å². The van der Waals surface area contributed by atoms with Crippen molar-refractivity contribution in [3.05, 3.63) is 60.2 Å². The first-order chi connectivity index (χ1) is 14.2. The van der Waals surface area contributed by atoms with Crippen molar-refractivity contribution < 1.29 is 22.7 Å². The molecule has 0 saturated heterocycles. The van der Waals surface area contributed by atoms with Gasteiger partial charge in [0.05, 0.1) is 19.1 Å². The van der Waals surface area contributed by atoms with Crippen LogP contribution in [0.3, 0.4) is 0 Å². The zero-order valence-electron chi connectivity index (χ0n) is 17.5. The highest BCUT2D eigenvalue weighted by molar-refractivity contribution is 7.92. The molecule has 2 amide bonds. The molecule has 0 aromatic heterocycles. The SMILES string of the molecule is CNC(=O)[C@@H](C)N(Cc1ccccc1)C(=O)CN(c1ccccc1OC)S(C)(=O)=O. The van der Waals surface area contributed by atoms with Gasteiger partial charge in [-0.05, 0) is 24.6 Å². The van der Waals surface area contributed by atoms with Crippen molar-refractivity contribution in [3.8, 4) is 5.75 Å². The molecule has 0 aliphatic carbocycles. The number of benzene rings is 2. The Hall–Kier alpha value is -3.07. The second-order valence-corrected chi connectivity index (χ2v) is 8.65. The molecule has 1 N–H and O–H groups in total. The number of hydrogen-bond acceptors (Lipinski definition) is 5. The predicted octanol–water partition coefficient (Wildman–Crippen LogP) is 1.62. The number of rotatable bonds is 9. The lowest BCUT2D eigenvalue weighted by molar-refractivity contribution is -0.139. The molecule has 0 bridgehead atoms. The fourth-order valence-electron chi connectivity index (χ4n) is 3.00. The summed E-state index contributed by atoms with van der Waals surface area (Å²) >= 11 is 0. The summed E-state index contributed by atoms with van der Waals surface area (Å²) in [5, 5.41) is 2.53. The summed E-state index contributed by atoms with van der Waals surface area (Å²) in [6.07, 6.45) is 1.02. The Morgan fingerprint density at radius 1 is 1.07 bits per heavy atom. The number of para-hydroxylation sites is 2. The molecule has 30 heavy (non-hydrogen) atoms. The molecule has 0 saturated carbocycles. The minimum Gasteiger partial charge on any atom is -0.495 e. The molecule has 0 radical (unpaired) electrons. The van der Waals surface area contributed by atoms with Crippen LogP contribution >= 0.6 is 0 Å². The molecule has 1 atom stereocenters. The molecule has 2 aromatic rings. The molecule has 8 nitrogen and oxygen atoms in total. The summed E-state index contributed by atoms with van der Waals surface area (Å²) in [5.41, 5.74) is 1.08. The number of carbonyl (C=O) groups excluding carboxylic acids is 2. The fourth-order valence-corrected chi connectivity index (χ4v) is 3.86.